The van der Waals surface area contributed by atoms with Crippen molar-refractivity contribution in [2.75, 3.05) is 32.8 Å². The zero-order valence-corrected chi connectivity index (χ0v) is 13.6. The van der Waals surface area contributed by atoms with Gasteiger partial charge in [-0.05, 0) is 51.7 Å². The number of unbranched alkanes of at least 4 members (excludes halogenated alkanes) is 2. The predicted molar refractivity (Wildman–Crippen MR) is 88.8 cm³/mol. The second kappa shape index (κ2) is 9.85. The van der Waals surface area contributed by atoms with Gasteiger partial charge in [0.1, 0.15) is 0 Å². The maximum absolute atomic E-state index is 11.7. The molecule has 0 aromatic rings. The molecule has 5 nitrogen and oxygen atoms in total. The smallest absolute Gasteiger partial charge is 0.315 e. The molecule has 0 bridgehead atoms. The fourth-order valence-electron chi connectivity index (χ4n) is 3.26. The molecule has 2 rings (SSSR count). The molecule has 1 fully saturated rings. The lowest BCUT2D eigenvalue weighted by atomic mass is 10.1. The highest BCUT2D eigenvalue weighted by atomic mass is 16.3. The minimum absolute atomic E-state index is 0.0660. The Morgan fingerprint density at radius 2 is 1.95 bits per heavy atom. The lowest BCUT2D eigenvalue weighted by Gasteiger charge is -2.26. The second-order valence-electron chi connectivity index (χ2n) is 6.53. The minimum atomic E-state index is -0.0933. The second-order valence-corrected chi connectivity index (χ2v) is 6.53. The molecule has 3 N–H and O–H groups in total. The first kappa shape index (κ1) is 17.3. The van der Waals surface area contributed by atoms with Crippen molar-refractivity contribution < 1.29 is 9.90 Å². The van der Waals surface area contributed by atoms with E-state index in [1.54, 1.807) is 0 Å². The molecular weight excluding hydrogens is 278 g/mol. The largest absolute Gasteiger partial charge is 0.396 e. The van der Waals surface area contributed by atoms with Crippen molar-refractivity contribution in [3.63, 3.8) is 0 Å². The highest BCUT2D eigenvalue weighted by Gasteiger charge is 2.19. The number of nitrogens with zero attached hydrogens (tertiary/aromatic N) is 1. The minimum Gasteiger partial charge on any atom is -0.396 e. The maximum Gasteiger partial charge on any atom is 0.315 e. The molecule has 5 heteroatoms. The van der Waals surface area contributed by atoms with Crippen molar-refractivity contribution in [2.45, 2.75) is 51.0 Å². The van der Waals surface area contributed by atoms with Crippen LogP contribution in [0.1, 0.15) is 44.9 Å². The Kier molecular flexibility index (Phi) is 7.74. The predicted octanol–water partition coefficient (Wildman–Crippen LogP) is 1.88. The average Bonchev–Trinajstić information content (AvgIpc) is 2.99. The van der Waals surface area contributed by atoms with Crippen molar-refractivity contribution in [1.82, 2.24) is 15.5 Å². The van der Waals surface area contributed by atoms with Crippen LogP contribution >= 0.6 is 0 Å². The summed E-state index contributed by atoms with van der Waals surface area (Å²) in [5.41, 5.74) is 0. The van der Waals surface area contributed by atoms with E-state index in [2.05, 4.69) is 15.5 Å². The van der Waals surface area contributed by atoms with Crippen molar-refractivity contribution in [3.8, 4) is 0 Å². The Morgan fingerprint density at radius 1 is 1.14 bits per heavy atom. The first-order chi connectivity index (χ1) is 10.8. The van der Waals surface area contributed by atoms with Crippen molar-refractivity contribution in [2.24, 2.45) is 5.92 Å². The number of likely N-dealkylation sites (tertiary alicyclic amines) is 1. The van der Waals surface area contributed by atoms with Crippen molar-refractivity contribution in [1.29, 1.82) is 0 Å². The molecule has 0 radical (unpaired) electrons. The normalized spacial score (nSPS) is 25.3. The zero-order chi connectivity index (χ0) is 15.6. The molecule has 0 aromatic carbocycles. The number of piperidine rings is 1. The molecule has 1 aliphatic carbocycles. The topological polar surface area (TPSA) is 64.6 Å². The molecule has 1 aliphatic heterocycles. The van der Waals surface area contributed by atoms with E-state index >= 15 is 0 Å². The fraction of sp³-hybridized carbons (Fsp3) is 0.824. The van der Waals surface area contributed by atoms with Crippen LogP contribution in [0.4, 0.5) is 4.79 Å². The van der Waals surface area contributed by atoms with Crippen LogP contribution in [-0.2, 0) is 0 Å². The van der Waals surface area contributed by atoms with E-state index in [0.29, 0.717) is 0 Å². The van der Waals surface area contributed by atoms with Crippen LogP contribution in [0.25, 0.3) is 0 Å². The van der Waals surface area contributed by atoms with E-state index < -0.39 is 0 Å². The van der Waals surface area contributed by atoms with Crippen LogP contribution in [0.2, 0.25) is 0 Å². The highest BCUT2D eigenvalue weighted by Crippen LogP contribution is 2.16. The van der Waals surface area contributed by atoms with E-state index in [9.17, 15) is 4.79 Å². The Balaban J connectivity index is 1.43. The number of rotatable bonds is 8. The summed E-state index contributed by atoms with van der Waals surface area (Å²) in [6.45, 7) is 4.65. The summed E-state index contributed by atoms with van der Waals surface area (Å²) in [5.74, 6) is 0.195. The van der Waals surface area contributed by atoms with Gasteiger partial charge in [0.15, 0.2) is 0 Å². The summed E-state index contributed by atoms with van der Waals surface area (Å²) in [4.78, 5) is 14.3. The SMILES string of the molecule is O=C(NCCCCCN1CCCCC1)N[C@@H]1C=C[C@H](CO)C1. The molecular formula is C17H31N3O2. The summed E-state index contributed by atoms with van der Waals surface area (Å²) in [5, 5.41) is 14.9. The molecule has 0 unspecified atom stereocenters. The summed E-state index contributed by atoms with van der Waals surface area (Å²) < 4.78 is 0. The van der Waals surface area contributed by atoms with Crippen molar-refractivity contribution >= 4 is 6.03 Å². The molecule has 0 aromatic heterocycles. The molecule has 2 atom stereocenters. The first-order valence-electron chi connectivity index (χ1n) is 8.84. The van der Waals surface area contributed by atoms with Crippen molar-refractivity contribution in [3.05, 3.63) is 12.2 Å². The molecule has 0 spiro atoms. The van der Waals surface area contributed by atoms with Gasteiger partial charge < -0.3 is 20.6 Å². The van der Waals surface area contributed by atoms with E-state index in [-0.39, 0.29) is 24.6 Å². The molecule has 0 saturated carbocycles. The van der Waals surface area contributed by atoms with Gasteiger partial charge in [0.25, 0.3) is 0 Å². The Labute approximate surface area is 134 Å². The monoisotopic (exact) mass is 309 g/mol. The van der Waals surface area contributed by atoms with Crippen LogP contribution < -0.4 is 10.6 Å². The van der Waals surface area contributed by atoms with Gasteiger partial charge in [-0.3, -0.25) is 0 Å². The lowest BCUT2D eigenvalue weighted by molar-refractivity contribution is 0.223. The number of aliphatic hydroxyl groups is 1. The number of amides is 2. The Hall–Kier alpha value is -1.07. The number of hydrogen-bond acceptors (Lipinski definition) is 3. The lowest BCUT2D eigenvalue weighted by Crippen LogP contribution is -2.41. The summed E-state index contributed by atoms with van der Waals surface area (Å²) in [6.07, 6.45) is 12.3. The maximum atomic E-state index is 11.7. The third-order valence-electron chi connectivity index (χ3n) is 4.61. The van der Waals surface area contributed by atoms with Gasteiger partial charge in [-0.1, -0.05) is 25.0 Å². The molecule has 1 saturated heterocycles. The van der Waals surface area contributed by atoms with E-state index in [1.165, 1.54) is 51.7 Å². The third-order valence-corrected chi connectivity index (χ3v) is 4.61. The number of nitrogens with one attached hydrogen (secondary N) is 2. The standard InChI is InChI=1S/C17H31N3O2/c21-14-15-7-8-16(13-15)19-17(22)18-9-3-1-4-10-20-11-5-2-6-12-20/h7-8,15-16,21H,1-6,9-14H2,(H2,18,19,22)/t15-,16+/m0/s1. The third kappa shape index (κ3) is 6.36. The van der Waals surface area contributed by atoms with Gasteiger partial charge in [-0.2, -0.15) is 0 Å². The molecule has 2 amide bonds. The Bertz CT molecular complexity index is 354. The van der Waals surface area contributed by atoms with Crippen LogP contribution in [0.15, 0.2) is 12.2 Å². The van der Waals surface area contributed by atoms with E-state index in [4.69, 9.17) is 5.11 Å². The average molecular weight is 309 g/mol. The quantitative estimate of drug-likeness (QED) is 0.474. The Morgan fingerprint density at radius 3 is 2.68 bits per heavy atom. The summed E-state index contributed by atoms with van der Waals surface area (Å²) in [7, 11) is 0. The van der Waals surface area contributed by atoms with E-state index in [0.717, 1.165) is 19.4 Å². The van der Waals surface area contributed by atoms with Gasteiger partial charge in [-0.25, -0.2) is 4.79 Å². The molecule has 1 heterocycles. The number of carbonyl (C=O) groups is 1. The van der Waals surface area contributed by atoms with Gasteiger partial charge in [-0.15, -0.1) is 0 Å². The summed E-state index contributed by atoms with van der Waals surface area (Å²) in [6, 6.07) is -0.0273. The van der Waals surface area contributed by atoms with Crippen LogP contribution in [0.3, 0.4) is 0 Å². The number of carbonyl (C=O) groups excluding carboxylic acids is 1. The molecule has 2 aliphatic rings. The molecule has 126 valence electrons. The highest BCUT2D eigenvalue weighted by molar-refractivity contribution is 5.74. The number of aliphatic hydroxyl groups excluding tert-OH is 1. The zero-order valence-electron chi connectivity index (χ0n) is 13.6. The van der Waals surface area contributed by atoms with Crippen LogP contribution in [0, 0.1) is 5.92 Å². The van der Waals surface area contributed by atoms with Gasteiger partial charge in [0.05, 0.1) is 0 Å². The van der Waals surface area contributed by atoms with E-state index in [1.807, 2.05) is 12.2 Å². The summed E-state index contributed by atoms with van der Waals surface area (Å²) >= 11 is 0. The van der Waals surface area contributed by atoms with Gasteiger partial charge in [0.2, 0.25) is 0 Å². The molecule has 22 heavy (non-hydrogen) atoms. The van der Waals surface area contributed by atoms with Gasteiger partial charge in [0, 0.05) is 25.1 Å². The van der Waals surface area contributed by atoms with Crippen LogP contribution in [0.5, 0.6) is 0 Å². The number of hydrogen-bond donors (Lipinski definition) is 3. The number of urea groups is 1. The van der Waals surface area contributed by atoms with Crippen LogP contribution in [-0.4, -0.2) is 54.9 Å². The fourth-order valence-corrected chi connectivity index (χ4v) is 3.26. The first-order valence-corrected chi connectivity index (χ1v) is 8.84. The van der Waals surface area contributed by atoms with Gasteiger partial charge >= 0.3 is 6.03 Å².